The van der Waals surface area contributed by atoms with E-state index >= 15 is 0 Å². The van der Waals surface area contributed by atoms with Crippen LogP contribution in [0.1, 0.15) is 40.4 Å². The lowest BCUT2D eigenvalue weighted by molar-refractivity contribution is -0.156. The normalized spacial score (nSPS) is 17.7. The predicted molar refractivity (Wildman–Crippen MR) is 189 cm³/mol. The van der Waals surface area contributed by atoms with Gasteiger partial charge in [0, 0.05) is 55.6 Å². The molecule has 18 nitrogen and oxygen atoms in total. The number of phenols is 3. The summed E-state index contributed by atoms with van der Waals surface area (Å²) in [7, 11) is -2.00. The van der Waals surface area contributed by atoms with Gasteiger partial charge in [0.1, 0.15) is 23.2 Å². The van der Waals surface area contributed by atoms with Gasteiger partial charge in [-0.2, -0.15) is 4.39 Å². The molecular weight excluding hydrogens is 807 g/mol. The first-order valence-electron chi connectivity index (χ1n) is 17.1. The number of amides is 7. The van der Waals surface area contributed by atoms with E-state index in [-0.39, 0.29) is 50.1 Å². The smallest absolute Gasteiger partial charge is 0.534 e. The van der Waals surface area contributed by atoms with E-state index in [4.69, 9.17) is 16.3 Å². The van der Waals surface area contributed by atoms with E-state index in [1.54, 1.807) is 0 Å². The molecule has 3 heterocycles. The van der Waals surface area contributed by atoms with Gasteiger partial charge in [0.2, 0.25) is 5.91 Å². The van der Waals surface area contributed by atoms with E-state index in [1.807, 2.05) is 0 Å². The third-order valence-electron chi connectivity index (χ3n) is 9.74. The van der Waals surface area contributed by atoms with Crippen molar-refractivity contribution in [3.8, 4) is 23.0 Å². The summed E-state index contributed by atoms with van der Waals surface area (Å²) in [6.07, 6.45) is -0.0398. The molecule has 2 saturated heterocycles. The van der Waals surface area contributed by atoms with Gasteiger partial charge in [0.15, 0.2) is 34.7 Å². The van der Waals surface area contributed by atoms with Crippen molar-refractivity contribution >= 4 is 60.2 Å². The number of nitrogens with zero attached hydrogens (tertiary/aromatic N) is 3. The number of likely N-dealkylation sites (tertiary alicyclic amines) is 1. The van der Waals surface area contributed by atoms with Crippen molar-refractivity contribution in [2.24, 2.45) is 0 Å². The Hall–Kier alpha value is -6.49. The summed E-state index contributed by atoms with van der Waals surface area (Å²) in [6.45, 7) is -0.542. The summed E-state index contributed by atoms with van der Waals surface area (Å²) in [5.41, 5.74) is -1.71. The molecule has 0 bridgehead atoms. The number of carboxylic acid groups (broad SMARTS) is 1. The minimum Gasteiger partial charge on any atom is -0.534 e. The maximum atomic E-state index is 14.7. The molecule has 2 fully saturated rings. The van der Waals surface area contributed by atoms with Crippen molar-refractivity contribution in [2.75, 3.05) is 31.5 Å². The molecule has 306 valence electrons. The maximum absolute atomic E-state index is 14.7. The molecule has 3 aromatic rings. The van der Waals surface area contributed by atoms with E-state index in [1.165, 1.54) is 9.80 Å². The van der Waals surface area contributed by atoms with Crippen LogP contribution < -0.4 is 20.6 Å². The number of carboxylic acids is 1. The number of piperazine rings is 1. The largest absolute Gasteiger partial charge is 0.547 e. The summed E-state index contributed by atoms with van der Waals surface area (Å²) < 4.78 is 61.2. The van der Waals surface area contributed by atoms with Crippen LogP contribution >= 0.6 is 11.6 Å². The third kappa shape index (κ3) is 7.89. The zero-order valence-corrected chi connectivity index (χ0v) is 30.2. The van der Waals surface area contributed by atoms with Crippen molar-refractivity contribution in [1.29, 1.82) is 0 Å². The summed E-state index contributed by atoms with van der Waals surface area (Å²) >= 11 is 6.14. The van der Waals surface area contributed by atoms with E-state index < -0.39 is 130 Å². The van der Waals surface area contributed by atoms with Gasteiger partial charge in [-0.3, -0.25) is 19.3 Å². The van der Waals surface area contributed by atoms with Crippen LogP contribution in [0.15, 0.2) is 30.3 Å². The number of benzene rings is 3. The highest BCUT2D eigenvalue weighted by molar-refractivity contribution is 6.47. The number of carbonyl (C=O) groups is 6. The summed E-state index contributed by atoms with van der Waals surface area (Å²) in [4.78, 5) is 81.2. The van der Waals surface area contributed by atoms with Crippen molar-refractivity contribution in [1.82, 2.24) is 25.3 Å². The first-order chi connectivity index (χ1) is 27.4. The van der Waals surface area contributed by atoms with Gasteiger partial charge in [-0.25, -0.2) is 27.6 Å². The Labute approximate surface area is 328 Å². The number of rotatable bonds is 7. The van der Waals surface area contributed by atoms with Crippen molar-refractivity contribution in [3.63, 3.8) is 0 Å². The number of fused-ring (bicyclic) bond motifs is 1. The number of imide groups is 1. The zero-order valence-electron chi connectivity index (χ0n) is 29.5. The van der Waals surface area contributed by atoms with Gasteiger partial charge in [-0.15, -0.1) is 0 Å². The molecule has 3 aliphatic heterocycles. The highest BCUT2D eigenvalue weighted by Crippen LogP contribution is 2.41. The molecule has 8 N–H and O–H groups in total. The van der Waals surface area contributed by atoms with Crippen LogP contribution in [-0.2, 0) is 20.8 Å². The molecule has 0 saturated carbocycles. The van der Waals surface area contributed by atoms with Gasteiger partial charge in [0.05, 0.1) is 11.0 Å². The first kappa shape index (κ1) is 41.2. The number of aromatic carboxylic acids is 1. The molecular formula is C34H30BClF4N6O12. The van der Waals surface area contributed by atoms with E-state index in [2.05, 4.69) is 16.0 Å². The van der Waals surface area contributed by atoms with Gasteiger partial charge in [-0.05, 0) is 37.0 Å². The number of urea groups is 2. The number of halogens is 5. The van der Waals surface area contributed by atoms with Crippen LogP contribution in [0, 0.1) is 23.3 Å². The average Bonchev–Trinajstić information content (AvgIpc) is 3.17. The average molecular weight is 837 g/mol. The monoisotopic (exact) mass is 836 g/mol. The fourth-order valence-electron chi connectivity index (χ4n) is 6.76. The van der Waals surface area contributed by atoms with Crippen molar-refractivity contribution < 1.29 is 76.4 Å². The summed E-state index contributed by atoms with van der Waals surface area (Å²) in [5.74, 6) is -16.5. The van der Waals surface area contributed by atoms with Crippen LogP contribution in [0.5, 0.6) is 23.0 Å². The molecule has 3 aromatic carbocycles. The molecule has 2 atom stereocenters. The summed E-state index contributed by atoms with van der Waals surface area (Å²) in [5, 5.41) is 55.6. The highest BCUT2D eigenvalue weighted by Gasteiger charge is 2.44. The molecule has 0 aromatic heterocycles. The molecule has 0 radical (unpaired) electrons. The molecule has 1 unspecified atom stereocenters. The topological polar surface area (TPSA) is 259 Å². The quantitative estimate of drug-likeness (QED) is 0.0736. The SMILES string of the molecule is O=C(O)c1c(F)ccc2c1OB(O)[C@@H](NC(=O)C(NC(=O)N1CCN(C3CCN(C(=O)Nc4cc(O)c(F)c(F)c4)CC3)C(=O)C1=O)c1cc(F)c(O)c(O)c1Cl)C2. The van der Waals surface area contributed by atoms with Crippen LogP contribution in [0.25, 0.3) is 0 Å². The van der Waals surface area contributed by atoms with Crippen LogP contribution in [0.3, 0.4) is 0 Å². The first-order valence-corrected chi connectivity index (χ1v) is 17.5. The van der Waals surface area contributed by atoms with Gasteiger partial charge >= 0.3 is 37.0 Å². The van der Waals surface area contributed by atoms with E-state index in [9.17, 15) is 71.8 Å². The lowest BCUT2D eigenvalue weighted by atomic mass is 9.72. The molecule has 7 amide bonds. The van der Waals surface area contributed by atoms with E-state index in [0.29, 0.717) is 17.0 Å². The number of hydrogen-bond donors (Lipinski definition) is 8. The number of hydrogen-bond acceptors (Lipinski definition) is 11. The molecule has 6 rings (SSSR count). The highest BCUT2D eigenvalue weighted by atomic mass is 35.5. The van der Waals surface area contributed by atoms with Crippen molar-refractivity contribution in [3.05, 3.63) is 75.3 Å². The van der Waals surface area contributed by atoms with Gasteiger partial charge in [0.25, 0.3) is 0 Å². The number of anilines is 1. The lowest BCUT2D eigenvalue weighted by Crippen LogP contribution is -2.62. The number of phenolic OH excluding ortho intramolecular Hbond substituents is 3. The third-order valence-corrected chi connectivity index (χ3v) is 10.1. The number of aromatic hydroxyl groups is 3. The number of carbonyl (C=O) groups excluding carboxylic acids is 5. The fourth-order valence-corrected chi connectivity index (χ4v) is 7.02. The second kappa shape index (κ2) is 16.2. The Morgan fingerprint density at radius 2 is 1.57 bits per heavy atom. The lowest BCUT2D eigenvalue weighted by Gasteiger charge is -2.41. The van der Waals surface area contributed by atoms with Gasteiger partial charge < -0.3 is 55.9 Å². The van der Waals surface area contributed by atoms with Crippen LogP contribution in [0.4, 0.5) is 32.8 Å². The maximum Gasteiger partial charge on any atom is 0.547 e. The summed E-state index contributed by atoms with van der Waals surface area (Å²) in [6, 6.07) is -0.836. The van der Waals surface area contributed by atoms with Crippen LogP contribution in [-0.4, -0.2) is 121 Å². The second-order valence-corrected chi connectivity index (χ2v) is 13.7. The fraction of sp³-hybridized carbons (Fsp3) is 0.294. The molecule has 24 heteroatoms. The minimum absolute atomic E-state index is 0.0417. The van der Waals surface area contributed by atoms with Crippen molar-refractivity contribution in [2.45, 2.75) is 37.3 Å². The molecule has 3 aliphatic rings. The Morgan fingerprint density at radius 1 is 0.879 bits per heavy atom. The zero-order chi connectivity index (χ0) is 42.3. The Morgan fingerprint density at radius 3 is 2.22 bits per heavy atom. The predicted octanol–water partition coefficient (Wildman–Crippen LogP) is 1.97. The minimum atomic E-state index is -2.11. The van der Waals surface area contributed by atoms with Crippen LogP contribution in [0.2, 0.25) is 5.02 Å². The Balaban J connectivity index is 1.14. The molecule has 58 heavy (non-hydrogen) atoms. The Bertz CT molecular complexity index is 2230. The number of nitrogens with one attached hydrogen (secondary N) is 3. The number of piperidine rings is 1. The molecule has 0 aliphatic carbocycles. The Kier molecular flexibility index (Phi) is 11.5. The second-order valence-electron chi connectivity index (χ2n) is 13.3. The van der Waals surface area contributed by atoms with Gasteiger partial charge in [-0.1, -0.05) is 17.7 Å². The van der Waals surface area contributed by atoms with E-state index in [0.717, 1.165) is 18.2 Å². The molecule has 0 spiro atoms. The standard InChI is InChI=1S/C34H30BClF4N6O12/c36-23-16(12-19(39)26(48)27(23)49)25(29(50)42-21-9-13-1-2-17(37)22(32(53)54)28(13)58-35(21)57)43-34(56)46-8-7-45(30(51)31(46)52)15-3-5-44(6-4-15)33(55)41-14-10-18(38)24(40)20(47)11-14/h1-2,10-12,15,21,25,47-49,57H,3-9H2,(H,41,55)(H,42,50)(H,43,56)(H,53,54)/t21-,25?/m0/s1.